The van der Waals surface area contributed by atoms with Crippen LogP contribution in [0.15, 0.2) is 0 Å². The largest absolute Gasteiger partial charge is 2.00 e. The van der Waals surface area contributed by atoms with Crippen LogP contribution in [-0.2, 0) is 9.59 Å². The zero-order chi connectivity index (χ0) is 16.7. The predicted molar refractivity (Wildman–Crippen MR) is 75.9 cm³/mol. The third-order valence-corrected chi connectivity index (χ3v) is 2.49. The van der Waals surface area contributed by atoms with Crippen LogP contribution in [0.3, 0.4) is 0 Å². The summed E-state index contributed by atoms with van der Waals surface area (Å²) in [6.45, 7) is 9.88. The van der Waals surface area contributed by atoms with E-state index < -0.39 is 23.1 Å². The van der Waals surface area contributed by atoms with Crippen LogP contribution in [0.4, 0.5) is 0 Å². The van der Waals surface area contributed by atoms with Gasteiger partial charge in [-0.25, -0.2) is 0 Å². The number of carbonyl (C=O) groups excluding carboxylic acids is 2. The van der Waals surface area contributed by atoms with E-state index in [1.54, 1.807) is 0 Å². The fraction of sp³-hybridized carbons (Fsp3) is 0.857. The molecule has 0 amide bonds. The Morgan fingerprint density at radius 1 is 0.857 bits per heavy atom. The van der Waals surface area contributed by atoms with Gasteiger partial charge in [-0.3, -0.25) is 0 Å². The van der Waals surface area contributed by atoms with Crippen molar-refractivity contribution in [2.75, 3.05) is 0 Å². The van der Waals surface area contributed by atoms with Gasteiger partial charge in [0.15, 0.2) is 0 Å². The zero-order valence-electron chi connectivity index (χ0n) is 13.8. The molecule has 2 N–H and O–H groups in total. The predicted octanol–water partition coefficient (Wildman–Crippen LogP) is -1.31. The van der Waals surface area contributed by atoms with E-state index in [9.17, 15) is 19.8 Å². The second-order valence-corrected chi connectivity index (χ2v) is 6.32. The molecule has 0 aromatic heterocycles. The third-order valence-electron chi connectivity index (χ3n) is 2.49. The first-order valence-electron chi connectivity index (χ1n) is 6.60. The minimum atomic E-state index is -1.67. The van der Waals surface area contributed by atoms with Crippen LogP contribution in [0, 0.1) is 11.8 Å². The minimum absolute atomic E-state index is 0. The summed E-state index contributed by atoms with van der Waals surface area (Å²) in [5.41, 5.74) is -3.34. The fourth-order valence-corrected chi connectivity index (χ4v) is 1.76. The molecule has 0 radical (unpaired) electrons. The van der Waals surface area contributed by atoms with Gasteiger partial charge in [0.1, 0.15) is 11.2 Å². The number of hydrogen-bond donors (Lipinski definition) is 2. The SMILES string of the molecule is CC(C)C[C@@](C)(O)C(=O)[O-].CC(C)C[C@@](C)(O)C(=O)[O-].[Ba+2]. The Balaban J connectivity index is -0.000000295. The molecule has 0 heterocycles. The van der Waals surface area contributed by atoms with Crippen LogP contribution < -0.4 is 10.2 Å². The second-order valence-electron chi connectivity index (χ2n) is 6.32. The van der Waals surface area contributed by atoms with Crippen LogP contribution in [-0.4, -0.2) is 82.2 Å². The summed E-state index contributed by atoms with van der Waals surface area (Å²) in [5, 5.41) is 38.6. The summed E-state index contributed by atoms with van der Waals surface area (Å²) in [5.74, 6) is -2.48. The van der Waals surface area contributed by atoms with Gasteiger partial charge in [0.2, 0.25) is 0 Å². The quantitative estimate of drug-likeness (QED) is 0.508. The molecule has 6 nitrogen and oxygen atoms in total. The Hall–Kier alpha value is 0.431. The Labute approximate surface area is 167 Å². The first-order valence-corrected chi connectivity index (χ1v) is 6.60. The van der Waals surface area contributed by atoms with E-state index in [0.29, 0.717) is 0 Å². The normalized spacial score (nSPS) is 16.1. The van der Waals surface area contributed by atoms with Crippen LogP contribution in [0.1, 0.15) is 54.4 Å². The van der Waals surface area contributed by atoms with Crippen molar-refractivity contribution in [3.05, 3.63) is 0 Å². The molecular formula is C14H26BaO6. The van der Waals surface area contributed by atoms with Gasteiger partial charge in [-0.2, -0.15) is 0 Å². The van der Waals surface area contributed by atoms with E-state index in [4.69, 9.17) is 10.2 Å². The molecule has 0 saturated carbocycles. The van der Waals surface area contributed by atoms with Gasteiger partial charge in [0.05, 0.1) is 11.9 Å². The zero-order valence-corrected chi connectivity index (χ0v) is 18.2. The van der Waals surface area contributed by atoms with E-state index >= 15 is 0 Å². The first-order chi connectivity index (χ1) is 8.72. The van der Waals surface area contributed by atoms with E-state index in [1.807, 2.05) is 27.7 Å². The Morgan fingerprint density at radius 2 is 1.05 bits per heavy atom. The van der Waals surface area contributed by atoms with Crippen LogP contribution >= 0.6 is 0 Å². The summed E-state index contributed by atoms with van der Waals surface area (Å²) >= 11 is 0. The number of aliphatic carboxylic acids is 2. The van der Waals surface area contributed by atoms with Crippen LogP contribution in [0.25, 0.3) is 0 Å². The molecule has 0 aliphatic rings. The topological polar surface area (TPSA) is 121 Å². The van der Waals surface area contributed by atoms with Gasteiger partial charge in [0.25, 0.3) is 0 Å². The number of carboxylic acid groups (broad SMARTS) is 2. The van der Waals surface area contributed by atoms with Gasteiger partial charge in [-0.15, -0.1) is 0 Å². The number of carbonyl (C=O) groups is 2. The summed E-state index contributed by atoms with van der Waals surface area (Å²) in [6, 6.07) is 0. The van der Waals surface area contributed by atoms with Gasteiger partial charge in [0, 0.05) is 0 Å². The molecule has 0 spiro atoms. The smallest absolute Gasteiger partial charge is 0.547 e. The molecular weight excluding hydrogens is 401 g/mol. The number of hydrogen-bond acceptors (Lipinski definition) is 6. The number of carboxylic acids is 2. The van der Waals surface area contributed by atoms with Crippen molar-refractivity contribution in [3.8, 4) is 0 Å². The standard InChI is InChI=1S/2C7H14O3.Ba/c2*1-5(2)4-7(3,10)6(8)9;/h2*5,10H,4H2,1-3H3,(H,8,9);/q;;+2/p-2/t2*7-;/m11./s1. The van der Waals surface area contributed by atoms with Crippen molar-refractivity contribution in [2.45, 2.75) is 65.6 Å². The van der Waals surface area contributed by atoms with E-state index in [0.717, 1.165) is 0 Å². The molecule has 21 heavy (non-hydrogen) atoms. The van der Waals surface area contributed by atoms with Crippen molar-refractivity contribution in [1.29, 1.82) is 0 Å². The molecule has 0 saturated heterocycles. The molecule has 0 rings (SSSR count). The first kappa shape index (κ1) is 26.3. The molecule has 120 valence electrons. The monoisotopic (exact) mass is 428 g/mol. The van der Waals surface area contributed by atoms with Crippen molar-refractivity contribution in [3.63, 3.8) is 0 Å². The molecule has 7 heteroatoms. The van der Waals surface area contributed by atoms with Crippen molar-refractivity contribution in [2.24, 2.45) is 11.8 Å². The molecule has 0 fully saturated rings. The maximum atomic E-state index is 10.2. The second kappa shape index (κ2) is 11.0. The molecule has 0 aromatic rings. The van der Waals surface area contributed by atoms with Gasteiger partial charge in [-0.1, -0.05) is 27.7 Å². The Bertz CT molecular complexity index is 291. The van der Waals surface area contributed by atoms with Gasteiger partial charge >= 0.3 is 48.9 Å². The average Bonchev–Trinajstić information content (AvgIpc) is 2.13. The average molecular weight is 428 g/mol. The minimum Gasteiger partial charge on any atom is -0.547 e. The van der Waals surface area contributed by atoms with Crippen molar-refractivity contribution in [1.82, 2.24) is 0 Å². The summed E-state index contributed by atoms with van der Waals surface area (Å²) < 4.78 is 0. The summed E-state index contributed by atoms with van der Waals surface area (Å²) in [7, 11) is 0. The van der Waals surface area contributed by atoms with E-state index in [1.165, 1.54) is 13.8 Å². The fourth-order valence-electron chi connectivity index (χ4n) is 1.76. The summed E-state index contributed by atoms with van der Waals surface area (Å²) in [4.78, 5) is 20.4. The Morgan fingerprint density at radius 3 is 1.10 bits per heavy atom. The molecule has 0 bridgehead atoms. The molecule has 2 atom stereocenters. The number of aliphatic hydroxyl groups is 2. The van der Waals surface area contributed by atoms with Crippen LogP contribution in [0.5, 0.6) is 0 Å². The van der Waals surface area contributed by atoms with Gasteiger partial charge < -0.3 is 30.0 Å². The third kappa shape index (κ3) is 13.8. The summed E-state index contributed by atoms with van der Waals surface area (Å²) in [6.07, 6.45) is 0.463. The maximum Gasteiger partial charge on any atom is 2.00 e. The number of rotatable bonds is 6. The van der Waals surface area contributed by atoms with Crippen LogP contribution in [0.2, 0.25) is 0 Å². The Kier molecular flexibility index (Phi) is 13.8. The molecule has 0 aromatic carbocycles. The van der Waals surface area contributed by atoms with Crippen molar-refractivity contribution < 1.29 is 30.0 Å². The maximum absolute atomic E-state index is 10.2. The van der Waals surface area contributed by atoms with Crippen molar-refractivity contribution >= 4 is 60.8 Å². The molecule has 0 aliphatic heterocycles. The van der Waals surface area contributed by atoms with Gasteiger partial charge in [-0.05, 0) is 38.5 Å². The molecule has 0 unspecified atom stereocenters. The van der Waals surface area contributed by atoms with E-state index in [-0.39, 0.29) is 73.6 Å². The molecule has 0 aliphatic carbocycles. The van der Waals surface area contributed by atoms with E-state index in [2.05, 4.69) is 0 Å².